The third kappa shape index (κ3) is 7.77. The van der Waals surface area contributed by atoms with Gasteiger partial charge >= 0.3 is 0 Å². The Hall–Kier alpha value is -3.83. The average molecular weight is 632 g/mol. The zero-order valence-corrected chi connectivity index (χ0v) is 25.8. The molecule has 3 aromatic carbocycles. The van der Waals surface area contributed by atoms with Gasteiger partial charge in [-0.2, -0.15) is 0 Å². The van der Waals surface area contributed by atoms with Crippen molar-refractivity contribution in [2.24, 2.45) is 0 Å². The van der Waals surface area contributed by atoms with E-state index in [9.17, 15) is 22.4 Å². The molecule has 43 heavy (non-hydrogen) atoms. The maximum Gasteiger partial charge on any atom is 0.264 e. The molecule has 3 aromatic rings. The van der Waals surface area contributed by atoms with Crippen molar-refractivity contribution in [1.29, 1.82) is 0 Å². The van der Waals surface area contributed by atoms with Crippen LogP contribution >= 0.6 is 11.6 Å². The number of fused-ring (bicyclic) bond motifs is 1. The Kier molecular flexibility index (Phi) is 10.5. The Bertz CT molecular complexity index is 1540. The normalized spacial score (nSPS) is 14.0. The lowest BCUT2D eigenvalue weighted by atomic mass is 10.1. The van der Waals surface area contributed by atoms with Gasteiger partial charge in [-0.25, -0.2) is 12.8 Å². The van der Waals surface area contributed by atoms with Crippen LogP contribution in [0.5, 0.6) is 11.5 Å². The zero-order chi connectivity index (χ0) is 31.1. The third-order valence-corrected chi connectivity index (χ3v) is 9.17. The number of halogens is 2. The van der Waals surface area contributed by atoms with Crippen molar-refractivity contribution in [3.05, 3.63) is 83.1 Å². The molecule has 4 rings (SSSR count). The van der Waals surface area contributed by atoms with Crippen molar-refractivity contribution in [3.63, 3.8) is 0 Å². The fourth-order valence-corrected chi connectivity index (χ4v) is 6.15. The van der Waals surface area contributed by atoms with E-state index in [2.05, 4.69) is 5.32 Å². The first-order chi connectivity index (χ1) is 20.5. The van der Waals surface area contributed by atoms with Gasteiger partial charge < -0.3 is 19.7 Å². The first-order valence-electron chi connectivity index (χ1n) is 14.1. The summed E-state index contributed by atoms with van der Waals surface area (Å²) in [5.74, 6) is -0.866. The quantitative estimate of drug-likeness (QED) is 0.296. The molecule has 2 amide bonds. The van der Waals surface area contributed by atoms with Crippen LogP contribution in [0.1, 0.15) is 39.2 Å². The highest BCUT2D eigenvalue weighted by molar-refractivity contribution is 7.92. The Morgan fingerprint density at radius 1 is 0.953 bits per heavy atom. The first kappa shape index (κ1) is 32.1. The van der Waals surface area contributed by atoms with Gasteiger partial charge in [-0.05, 0) is 73.9 Å². The Morgan fingerprint density at radius 3 is 2.23 bits per heavy atom. The molecule has 230 valence electrons. The number of amides is 2. The molecule has 0 unspecified atom stereocenters. The number of rotatable bonds is 12. The highest BCUT2D eigenvalue weighted by Gasteiger charge is 2.34. The molecule has 0 saturated carbocycles. The van der Waals surface area contributed by atoms with E-state index in [1.165, 1.54) is 35.2 Å². The molecule has 0 spiro atoms. The van der Waals surface area contributed by atoms with Crippen LogP contribution in [0.2, 0.25) is 5.02 Å². The number of nitrogens with one attached hydrogen (secondary N) is 1. The van der Waals surface area contributed by atoms with E-state index in [1.54, 1.807) is 31.2 Å². The number of sulfonamides is 1. The molecule has 1 aliphatic heterocycles. The minimum Gasteiger partial charge on any atom is -0.486 e. The summed E-state index contributed by atoms with van der Waals surface area (Å²) in [5.41, 5.74) is 0.781. The molecule has 0 fully saturated rings. The summed E-state index contributed by atoms with van der Waals surface area (Å²) in [4.78, 5) is 28.7. The fourth-order valence-electron chi connectivity index (χ4n) is 4.59. The number of anilines is 1. The Labute approximate surface area is 256 Å². The number of hydrogen-bond donors (Lipinski definition) is 1. The number of hydrogen-bond acceptors (Lipinski definition) is 6. The molecule has 1 aliphatic rings. The second-order valence-electron chi connectivity index (χ2n) is 10.2. The lowest BCUT2D eigenvalue weighted by Crippen LogP contribution is -2.53. The molecule has 0 radical (unpaired) electrons. The van der Waals surface area contributed by atoms with Crippen molar-refractivity contribution >= 4 is 39.1 Å². The molecular formula is C31H35ClFN3O6S. The summed E-state index contributed by atoms with van der Waals surface area (Å²) in [6, 6.07) is 14.8. The highest BCUT2D eigenvalue weighted by atomic mass is 35.5. The highest BCUT2D eigenvalue weighted by Crippen LogP contribution is 2.34. The van der Waals surface area contributed by atoms with Crippen LogP contribution in [-0.2, 0) is 26.2 Å². The van der Waals surface area contributed by atoms with Crippen LogP contribution in [0, 0.1) is 5.82 Å². The van der Waals surface area contributed by atoms with E-state index in [-0.39, 0.29) is 47.9 Å². The number of carbonyl (C=O) groups is 2. The van der Waals surface area contributed by atoms with Crippen LogP contribution < -0.4 is 19.1 Å². The molecule has 2 atom stereocenters. The van der Waals surface area contributed by atoms with Gasteiger partial charge in [0.05, 0.1) is 10.6 Å². The van der Waals surface area contributed by atoms with Gasteiger partial charge in [0, 0.05) is 23.7 Å². The maximum absolute atomic E-state index is 14.1. The van der Waals surface area contributed by atoms with E-state index in [4.69, 9.17) is 21.1 Å². The zero-order valence-electron chi connectivity index (χ0n) is 24.3. The van der Waals surface area contributed by atoms with Crippen molar-refractivity contribution in [2.45, 2.75) is 57.1 Å². The summed E-state index contributed by atoms with van der Waals surface area (Å²) in [6.45, 7) is 5.56. The molecule has 0 saturated heterocycles. The van der Waals surface area contributed by atoms with Gasteiger partial charge in [-0.15, -0.1) is 0 Å². The number of carbonyl (C=O) groups excluding carboxylic acids is 2. The van der Waals surface area contributed by atoms with Crippen LogP contribution in [0.3, 0.4) is 0 Å². The second-order valence-corrected chi connectivity index (χ2v) is 12.5. The summed E-state index contributed by atoms with van der Waals surface area (Å²) in [5, 5.41) is 3.44. The van der Waals surface area contributed by atoms with Gasteiger partial charge in [-0.1, -0.05) is 37.6 Å². The van der Waals surface area contributed by atoms with Crippen LogP contribution in [0.25, 0.3) is 0 Å². The standard InChI is InChI=1S/C31H35ClFN3O6S/c1-4-21(3)34-31(38)27(5-2)35(19-22-6-8-23(32)9-7-22)30(37)20-36(25-12-10-24(33)11-13-25)43(39,40)26-14-15-28-29(18-26)42-17-16-41-28/h6-15,18,21,27H,4-5,16-17,19-20H2,1-3H3,(H,34,38)/t21-,27-/m1/s1. The van der Waals surface area contributed by atoms with E-state index in [0.29, 0.717) is 29.4 Å². The molecule has 0 aromatic heterocycles. The predicted molar refractivity (Wildman–Crippen MR) is 162 cm³/mol. The molecule has 0 aliphatic carbocycles. The predicted octanol–water partition coefficient (Wildman–Crippen LogP) is 5.17. The largest absolute Gasteiger partial charge is 0.486 e. The fraction of sp³-hybridized carbons (Fsp3) is 0.355. The summed E-state index contributed by atoms with van der Waals surface area (Å²) in [7, 11) is -4.37. The minimum absolute atomic E-state index is 0.0315. The smallest absolute Gasteiger partial charge is 0.264 e. The van der Waals surface area contributed by atoms with Gasteiger partial charge in [0.15, 0.2) is 11.5 Å². The van der Waals surface area contributed by atoms with Crippen LogP contribution in [-0.4, -0.2) is 57.0 Å². The monoisotopic (exact) mass is 631 g/mol. The lowest BCUT2D eigenvalue weighted by molar-refractivity contribution is -0.140. The summed E-state index contributed by atoms with van der Waals surface area (Å²) in [6.07, 6.45) is 0.979. The maximum atomic E-state index is 14.1. The van der Waals surface area contributed by atoms with Crippen molar-refractivity contribution in [3.8, 4) is 11.5 Å². The van der Waals surface area contributed by atoms with Crippen molar-refractivity contribution in [1.82, 2.24) is 10.2 Å². The Balaban J connectivity index is 1.74. The molecule has 9 nitrogen and oxygen atoms in total. The topological polar surface area (TPSA) is 105 Å². The van der Waals surface area contributed by atoms with Crippen LogP contribution in [0.15, 0.2) is 71.6 Å². The average Bonchev–Trinajstić information content (AvgIpc) is 3.00. The van der Waals surface area contributed by atoms with Gasteiger partial charge in [0.25, 0.3) is 10.0 Å². The summed E-state index contributed by atoms with van der Waals surface area (Å²) >= 11 is 6.06. The molecule has 12 heteroatoms. The third-order valence-electron chi connectivity index (χ3n) is 7.15. The number of benzene rings is 3. The second kappa shape index (κ2) is 14.1. The Morgan fingerprint density at radius 2 is 1.60 bits per heavy atom. The summed E-state index contributed by atoms with van der Waals surface area (Å²) < 4.78 is 54.1. The minimum atomic E-state index is -4.37. The van der Waals surface area contributed by atoms with Gasteiger partial charge in [-0.3, -0.25) is 13.9 Å². The molecule has 0 bridgehead atoms. The van der Waals surface area contributed by atoms with E-state index in [1.807, 2.05) is 13.8 Å². The number of nitrogens with zero attached hydrogens (tertiary/aromatic N) is 2. The molecular weight excluding hydrogens is 597 g/mol. The molecule has 1 heterocycles. The van der Waals surface area contributed by atoms with E-state index < -0.39 is 34.3 Å². The first-order valence-corrected chi connectivity index (χ1v) is 15.9. The van der Waals surface area contributed by atoms with Crippen LogP contribution in [0.4, 0.5) is 10.1 Å². The lowest BCUT2D eigenvalue weighted by Gasteiger charge is -2.33. The molecule has 1 N–H and O–H groups in total. The van der Waals surface area contributed by atoms with Crippen molar-refractivity contribution < 1.29 is 31.9 Å². The van der Waals surface area contributed by atoms with Gasteiger partial charge in [0.2, 0.25) is 11.8 Å². The number of ether oxygens (including phenoxy) is 2. The van der Waals surface area contributed by atoms with E-state index in [0.717, 1.165) is 16.4 Å². The van der Waals surface area contributed by atoms with E-state index >= 15 is 0 Å². The van der Waals surface area contributed by atoms with Crippen molar-refractivity contribution in [2.75, 3.05) is 24.1 Å². The van der Waals surface area contributed by atoms with Gasteiger partial charge in [0.1, 0.15) is 31.6 Å². The SMILES string of the molecule is CC[C@@H](C)NC(=O)[C@@H](CC)N(Cc1ccc(Cl)cc1)C(=O)CN(c1ccc(F)cc1)S(=O)(=O)c1ccc2c(c1)OCCO2.